The average molecular weight is 443 g/mol. The SMILES string of the molecule is CCCOc1ccc(S(=O)(=O)Nc2ccc3c(c2)CCN3C(=O)C2CCCC2)cc1C. The number of sulfonamides is 1. The molecule has 1 N–H and O–H groups in total. The molecule has 7 heteroatoms. The van der Waals surface area contributed by atoms with E-state index in [1.165, 1.54) is 0 Å². The molecule has 1 saturated carbocycles. The smallest absolute Gasteiger partial charge is 0.261 e. The minimum absolute atomic E-state index is 0.136. The van der Waals surface area contributed by atoms with Crippen LogP contribution in [0.2, 0.25) is 0 Å². The molecule has 31 heavy (non-hydrogen) atoms. The fraction of sp³-hybridized carbons (Fsp3) is 0.458. The molecule has 0 unspecified atom stereocenters. The summed E-state index contributed by atoms with van der Waals surface area (Å²) in [4.78, 5) is 14.9. The van der Waals surface area contributed by atoms with Crippen molar-refractivity contribution in [2.75, 3.05) is 22.8 Å². The molecule has 0 aromatic heterocycles. The second-order valence-corrected chi connectivity index (χ2v) is 10.1. The van der Waals surface area contributed by atoms with Gasteiger partial charge in [-0.2, -0.15) is 0 Å². The zero-order valence-corrected chi connectivity index (χ0v) is 19.0. The van der Waals surface area contributed by atoms with E-state index < -0.39 is 10.0 Å². The van der Waals surface area contributed by atoms with Crippen molar-refractivity contribution in [3.63, 3.8) is 0 Å². The fourth-order valence-electron chi connectivity index (χ4n) is 4.46. The Morgan fingerprint density at radius 2 is 1.94 bits per heavy atom. The van der Waals surface area contributed by atoms with Gasteiger partial charge in [0.15, 0.2) is 0 Å². The predicted molar refractivity (Wildman–Crippen MR) is 122 cm³/mol. The lowest BCUT2D eigenvalue weighted by atomic mass is 10.1. The lowest BCUT2D eigenvalue weighted by Gasteiger charge is -2.21. The van der Waals surface area contributed by atoms with E-state index in [9.17, 15) is 13.2 Å². The highest BCUT2D eigenvalue weighted by Crippen LogP contribution is 2.35. The van der Waals surface area contributed by atoms with Crippen LogP contribution in [0, 0.1) is 12.8 Å². The number of carbonyl (C=O) groups is 1. The maximum absolute atomic E-state index is 12.9. The molecule has 1 aliphatic heterocycles. The monoisotopic (exact) mass is 442 g/mol. The van der Waals surface area contributed by atoms with Crippen molar-refractivity contribution >= 4 is 27.3 Å². The Hall–Kier alpha value is -2.54. The largest absolute Gasteiger partial charge is 0.493 e. The van der Waals surface area contributed by atoms with Crippen LogP contribution in [-0.4, -0.2) is 27.5 Å². The molecule has 0 radical (unpaired) electrons. The van der Waals surface area contributed by atoms with Crippen molar-refractivity contribution in [1.82, 2.24) is 0 Å². The zero-order valence-electron chi connectivity index (χ0n) is 18.2. The van der Waals surface area contributed by atoms with Crippen LogP contribution in [0.5, 0.6) is 5.75 Å². The van der Waals surface area contributed by atoms with Gasteiger partial charge in [-0.3, -0.25) is 9.52 Å². The van der Waals surface area contributed by atoms with E-state index in [2.05, 4.69) is 4.72 Å². The number of hydrogen-bond acceptors (Lipinski definition) is 4. The number of rotatable bonds is 7. The zero-order chi connectivity index (χ0) is 22.0. The van der Waals surface area contributed by atoms with Gasteiger partial charge >= 0.3 is 0 Å². The third kappa shape index (κ3) is 4.56. The minimum atomic E-state index is -3.72. The molecule has 0 saturated heterocycles. The Morgan fingerprint density at radius 1 is 1.16 bits per heavy atom. The minimum Gasteiger partial charge on any atom is -0.493 e. The summed E-state index contributed by atoms with van der Waals surface area (Å²) in [6, 6.07) is 10.3. The highest BCUT2D eigenvalue weighted by Gasteiger charge is 2.32. The highest BCUT2D eigenvalue weighted by atomic mass is 32.2. The third-order valence-electron chi connectivity index (χ3n) is 6.12. The Balaban J connectivity index is 1.50. The number of fused-ring (bicyclic) bond motifs is 1. The summed E-state index contributed by atoms with van der Waals surface area (Å²) in [7, 11) is -3.72. The van der Waals surface area contributed by atoms with Gasteiger partial charge < -0.3 is 9.64 Å². The average Bonchev–Trinajstić information content (AvgIpc) is 3.42. The molecule has 1 amide bonds. The first-order valence-electron chi connectivity index (χ1n) is 11.1. The van der Waals surface area contributed by atoms with E-state index >= 15 is 0 Å². The van der Waals surface area contributed by atoms with Crippen LogP contribution >= 0.6 is 0 Å². The topological polar surface area (TPSA) is 75.7 Å². The number of nitrogens with one attached hydrogen (secondary N) is 1. The molecule has 2 aliphatic rings. The van der Waals surface area contributed by atoms with Gasteiger partial charge in [0.25, 0.3) is 10.0 Å². The number of carbonyl (C=O) groups excluding carboxylic acids is 1. The summed E-state index contributed by atoms with van der Waals surface area (Å²) in [6.07, 6.45) is 5.84. The quantitative estimate of drug-likeness (QED) is 0.676. The molecule has 1 fully saturated rings. The van der Waals surface area contributed by atoms with Gasteiger partial charge in [0.05, 0.1) is 11.5 Å². The maximum Gasteiger partial charge on any atom is 0.261 e. The number of benzene rings is 2. The number of ether oxygens (including phenoxy) is 1. The van der Waals surface area contributed by atoms with E-state index in [0.29, 0.717) is 24.6 Å². The number of anilines is 2. The molecule has 6 nitrogen and oxygen atoms in total. The maximum atomic E-state index is 12.9. The van der Waals surface area contributed by atoms with Crippen molar-refractivity contribution in [3.05, 3.63) is 47.5 Å². The lowest BCUT2D eigenvalue weighted by Crippen LogP contribution is -2.33. The molecule has 2 aromatic carbocycles. The first-order valence-corrected chi connectivity index (χ1v) is 12.6. The van der Waals surface area contributed by atoms with Crippen molar-refractivity contribution < 1.29 is 17.9 Å². The highest BCUT2D eigenvalue weighted by molar-refractivity contribution is 7.92. The molecule has 0 spiro atoms. The Bertz CT molecular complexity index is 1070. The molecule has 166 valence electrons. The summed E-state index contributed by atoms with van der Waals surface area (Å²) in [5, 5.41) is 0. The van der Waals surface area contributed by atoms with Crippen LogP contribution in [0.25, 0.3) is 0 Å². The Morgan fingerprint density at radius 3 is 2.65 bits per heavy atom. The number of amides is 1. The normalized spacial score (nSPS) is 16.4. The van der Waals surface area contributed by atoms with Crippen LogP contribution in [0.3, 0.4) is 0 Å². The number of hydrogen-bond donors (Lipinski definition) is 1. The second kappa shape index (κ2) is 8.91. The van der Waals surface area contributed by atoms with E-state index in [4.69, 9.17) is 4.74 Å². The molecule has 0 atom stereocenters. The molecule has 1 aliphatic carbocycles. The molecular formula is C24H30N2O4S. The van der Waals surface area contributed by atoms with Crippen LogP contribution in [0.1, 0.15) is 50.2 Å². The summed E-state index contributed by atoms with van der Waals surface area (Å²) < 4.78 is 34.1. The fourth-order valence-corrected chi connectivity index (χ4v) is 5.60. The van der Waals surface area contributed by atoms with Gasteiger partial charge in [-0.1, -0.05) is 19.8 Å². The van der Waals surface area contributed by atoms with Crippen LogP contribution in [-0.2, 0) is 21.2 Å². The number of nitrogens with zero attached hydrogens (tertiary/aromatic N) is 1. The van der Waals surface area contributed by atoms with E-state index in [0.717, 1.165) is 55.3 Å². The first kappa shape index (κ1) is 21.7. The molecule has 2 aromatic rings. The molecular weight excluding hydrogens is 412 g/mol. The molecule has 1 heterocycles. The second-order valence-electron chi connectivity index (χ2n) is 8.45. The van der Waals surface area contributed by atoms with Gasteiger partial charge in [0, 0.05) is 23.8 Å². The van der Waals surface area contributed by atoms with Crippen LogP contribution < -0.4 is 14.4 Å². The van der Waals surface area contributed by atoms with Crippen molar-refractivity contribution in [1.29, 1.82) is 0 Å². The molecule has 0 bridgehead atoms. The standard InChI is InChI=1S/C24H30N2O4S/c1-3-14-30-23-11-9-21(15-17(23)2)31(28,29)25-20-8-10-22-19(16-20)12-13-26(22)24(27)18-6-4-5-7-18/h8-11,15-16,18,25H,3-7,12-14H2,1-2H3. The summed E-state index contributed by atoms with van der Waals surface area (Å²) >= 11 is 0. The van der Waals surface area contributed by atoms with Crippen molar-refractivity contribution in [3.8, 4) is 5.75 Å². The van der Waals surface area contributed by atoms with E-state index in [-0.39, 0.29) is 16.7 Å². The van der Waals surface area contributed by atoms with E-state index in [1.54, 1.807) is 24.3 Å². The Kier molecular flexibility index (Phi) is 6.23. The summed E-state index contributed by atoms with van der Waals surface area (Å²) in [5.74, 6) is 1.05. The summed E-state index contributed by atoms with van der Waals surface area (Å²) in [5.41, 5.74) is 3.21. The molecule has 4 rings (SSSR count). The van der Waals surface area contributed by atoms with Crippen molar-refractivity contribution in [2.45, 2.75) is 57.3 Å². The van der Waals surface area contributed by atoms with Crippen LogP contribution in [0.15, 0.2) is 41.3 Å². The van der Waals surface area contributed by atoms with Gasteiger partial charge in [-0.05, 0) is 80.1 Å². The number of aryl methyl sites for hydroxylation is 1. The lowest BCUT2D eigenvalue weighted by molar-refractivity contribution is -0.122. The van der Waals surface area contributed by atoms with Crippen molar-refractivity contribution in [2.24, 2.45) is 5.92 Å². The summed E-state index contributed by atoms with van der Waals surface area (Å²) in [6.45, 7) is 5.13. The van der Waals surface area contributed by atoms with Crippen LogP contribution in [0.4, 0.5) is 11.4 Å². The van der Waals surface area contributed by atoms with E-state index in [1.807, 2.05) is 30.9 Å². The van der Waals surface area contributed by atoms with Gasteiger partial charge in [0.1, 0.15) is 5.75 Å². The third-order valence-corrected chi connectivity index (χ3v) is 7.50. The van der Waals surface area contributed by atoms with Gasteiger partial charge in [0.2, 0.25) is 5.91 Å². The first-order chi connectivity index (χ1) is 14.9. The predicted octanol–water partition coefficient (Wildman–Crippen LogP) is 4.66. The van der Waals surface area contributed by atoms with Gasteiger partial charge in [-0.15, -0.1) is 0 Å². The Labute approximate surface area is 184 Å². The van der Waals surface area contributed by atoms with Gasteiger partial charge in [-0.25, -0.2) is 8.42 Å².